The molecule has 3 aromatic rings. The molecule has 1 aromatic heterocycles. The van der Waals surface area contributed by atoms with Crippen LogP contribution in [0, 0.1) is 0 Å². The molecule has 11 heteroatoms. The third kappa shape index (κ3) is 7.06. The van der Waals surface area contributed by atoms with Crippen molar-refractivity contribution in [1.29, 1.82) is 0 Å². The van der Waals surface area contributed by atoms with Gasteiger partial charge in [-0.05, 0) is 36.2 Å². The second-order valence-electron chi connectivity index (χ2n) is 8.46. The number of carbonyl (C=O) groups is 4. The van der Waals surface area contributed by atoms with Gasteiger partial charge in [0.2, 0.25) is 17.7 Å². The number of hydrogen-bond donors (Lipinski definition) is 7. The number of nitrogens with two attached hydrogens (primary N) is 1. The molecule has 3 atom stereocenters. The predicted octanol–water partition coefficient (Wildman–Crippen LogP) is 0.176. The highest BCUT2D eigenvalue weighted by molar-refractivity contribution is 5.94. The Morgan fingerprint density at radius 1 is 0.917 bits per heavy atom. The molecule has 0 aliphatic carbocycles. The number of fused-ring (bicyclic) bond motifs is 1. The molecule has 11 nitrogen and oxygen atoms in total. The van der Waals surface area contributed by atoms with E-state index < -0.39 is 48.4 Å². The molecule has 2 aromatic carbocycles. The van der Waals surface area contributed by atoms with Crippen LogP contribution in [0.2, 0.25) is 0 Å². The molecule has 36 heavy (non-hydrogen) atoms. The minimum atomic E-state index is -1.23. The number of phenolic OH excluding ortho intramolecular Hbond substituents is 1. The molecule has 1 heterocycles. The Hall–Kier alpha value is -4.38. The van der Waals surface area contributed by atoms with Crippen LogP contribution < -0.4 is 21.7 Å². The molecule has 0 saturated carbocycles. The maximum atomic E-state index is 13.3. The van der Waals surface area contributed by atoms with Gasteiger partial charge in [0.15, 0.2) is 0 Å². The van der Waals surface area contributed by atoms with Crippen molar-refractivity contribution in [3.8, 4) is 5.75 Å². The molecule has 0 fully saturated rings. The Kier molecular flexibility index (Phi) is 8.63. The third-order valence-corrected chi connectivity index (χ3v) is 5.57. The van der Waals surface area contributed by atoms with Crippen molar-refractivity contribution in [2.75, 3.05) is 6.54 Å². The first-order chi connectivity index (χ1) is 17.1. The number of benzene rings is 2. The van der Waals surface area contributed by atoms with Crippen molar-refractivity contribution >= 4 is 34.6 Å². The summed E-state index contributed by atoms with van der Waals surface area (Å²) in [5, 5.41) is 26.9. The van der Waals surface area contributed by atoms with Crippen LogP contribution >= 0.6 is 0 Å². The lowest BCUT2D eigenvalue weighted by atomic mass is 10.0. The van der Waals surface area contributed by atoms with E-state index in [2.05, 4.69) is 20.9 Å². The Bertz CT molecular complexity index is 1240. The van der Waals surface area contributed by atoms with Crippen LogP contribution in [0.15, 0.2) is 54.7 Å². The lowest BCUT2D eigenvalue weighted by Crippen LogP contribution is -2.56. The van der Waals surface area contributed by atoms with Crippen molar-refractivity contribution in [3.05, 3.63) is 65.9 Å². The molecule has 0 radical (unpaired) electrons. The number of hydrogen-bond acceptors (Lipinski definition) is 6. The molecule has 3 rings (SSSR count). The highest BCUT2D eigenvalue weighted by Crippen LogP contribution is 2.19. The fraction of sp³-hybridized carbons (Fsp3) is 0.280. The molecule has 3 unspecified atom stereocenters. The topological polar surface area (TPSA) is 187 Å². The zero-order valence-electron chi connectivity index (χ0n) is 19.7. The molecular weight excluding hydrogens is 466 g/mol. The fourth-order valence-corrected chi connectivity index (χ4v) is 3.67. The van der Waals surface area contributed by atoms with Gasteiger partial charge in [0.1, 0.15) is 24.4 Å². The minimum absolute atomic E-state index is 0.0493. The lowest BCUT2D eigenvalue weighted by Gasteiger charge is -2.24. The summed E-state index contributed by atoms with van der Waals surface area (Å²) in [6, 6.07) is 10.5. The first kappa shape index (κ1) is 26.2. The second kappa shape index (κ2) is 11.8. The minimum Gasteiger partial charge on any atom is -0.508 e. The highest BCUT2D eigenvalue weighted by Gasteiger charge is 2.28. The van der Waals surface area contributed by atoms with Crippen LogP contribution in [0.1, 0.15) is 18.1 Å². The summed E-state index contributed by atoms with van der Waals surface area (Å²) >= 11 is 0. The number of carbonyl (C=O) groups excluding carboxylic acids is 3. The predicted molar refractivity (Wildman–Crippen MR) is 132 cm³/mol. The smallest absolute Gasteiger partial charge is 0.322 e. The Labute approximate surface area is 207 Å². The van der Waals surface area contributed by atoms with Crippen molar-refractivity contribution in [1.82, 2.24) is 20.9 Å². The largest absolute Gasteiger partial charge is 0.508 e. The van der Waals surface area contributed by atoms with Crippen molar-refractivity contribution in [3.63, 3.8) is 0 Å². The number of aromatic hydroxyl groups is 1. The number of H-pyrrole nitrogens is 1. The van der Waals surface area contributed by atoms with Gasteiger partial charge in [-0.3, -0.25) is 19.2 Å². The zero-order chi connectivity index (χ0) is 26.2. The normalized spacial score (nSPS) is 13.4. The first-order valence-electron chi connectivity index (χ1n) is 11.3. The van der Waals surface area contributed by atoms with Gasteiger partial charge in [0.05, 0.1) is 6.04 Å². The molecule has 0 spiro atoms. The zero-order valence-corrected chi connectivity index (χ0v) is 19.7. The Morgan fingerprint density at radius 3 is 2.22 bits per heavy atom. The number of rotatable bonds is 11. The van der Waals surface area contributed by atoms with E-state index in [0.29, 0.717) is 5.56 Å². The molecule has 0 saturated heterocycles. The van der Waals surface area contributed by atoms with Gasteiger partial charge in [-0.15, -0.1) is 0 Å². The summed E-state index contributed by atoms with van der Waals surface area (Å²) in [4.78, 5) is 52.5. The van der Waals surface area contributed by atoms with E-state index in [9.17, 15) is 24.3 Å². The number of amides is 3. The van der Waals surface area contributed by atoms with Gasteiger partial charge in [0, 0.05) is 29.9 Å². The Balaban J connectivity index is 1.84. The summed E-state index contributed by atoms with van der Waals surface area (Å²) in [5.41, 5.74) is 7.90. The van der Waals surface area contributed by atoms with Crippen LogP contribution in [0.5, 0.6) is 5.75 Å². The number of carboxylic acids is 1. The van der Waals surface area contributed by atoms with E-state index in [1.165, 1.54) is 19.1 Å². The van der Waals surface area contributed by atoms with Crippen LogP contribution in [-0.4, -0.2) is 63.6 Å². The standard InChI is InChI=1S/C25H29N5O6/c1-14(26)23(34)29-20(10-15-6-8-17(31)9-7-15)25(36)30-21(24(35)28-13-22(32)33)11-16-12-27-19-5-3-2-4-18(16)19/h2-9,12,14,20-21,27,31H,10-11,13,26H2,1H3,(H,28,35)(H,29,34)(H,30,36)(H,32,33). The number of phenols is 1. The molecule has 0 aliphatic rings. The van der Waals surface area contributed by atoms with Gasteiger partial charge >= 0.3 is 5.97 Å². The SMILES string of the molecule is CC(N)C(=O)NC(Cc1ccc(O)cc1)C(=O)NC(Cc1c[nH]c2ccccc12)C(=O)NCC(=O)O. The monoisotopic (exact) mass is 495 g/mol. The number of para-hydroxylation sites is 1. The van der Waals surface area contributed by atoms with Crippen LogP contribution in [-0.2, 0) is 32.0 Å². The van der Waals surface area contributed by atoms with Crippen molar-refractivity contribution < 1.29 is 29.4 Å². The number of carboxylic acid groups (broad SMARTS) is 1. The average Bonchev–Trinajstić information content (AvgIpc) is 3.25. The van der Waals surface area contributed by atoms with E-state index in [0.717, 1.165) is 16.5 Å². The lowest BCUT2D eigenvalue weighted by molar-refractivity contribution is -0.138. The highest BCUT2D eigenvalue weighted by atomic mass is 16.4. The number of nitrogens with one attached hydrogen (secondary N) is 4. The van der Waals surface area contributed by atoms with Crippen LogP contribution in [0.3, 0.4) is 0 Å². The maximum Gasteiger partial charge on any atom is 0.322 e. The van der Waals surface area contributed by atoms with Gasteiger partial charge in [-0.2, -0.15) is 0 Å². The fourth-order valence-electron chi connectivity index (χ4n) is 3.67. The molecule has 8 N–H and O–H groups in total. The first-order valence-corrected chi connectivity index (χ1v) is 11.3. The summed E-state index contributed by atoms with van der Waals surface area (Å²) in [7, 11) is 0. The molecular formula is C25H29N5O6. The Morgan fingerprint density at radius 2 is 1.56 bits per heavy atom. The van der Waals surface area contributed by atoms with Gasteiger partial charge in [-0.1, -0.05) is 30.3 Å². The number of aromatic nitrogens is 1. The van der Waals surface area contributed by atoms with E-state index >= 15 is 0 Å². The average molecular weight is 496 g/mol. The molecule has 0 bridgehead atoms. The van der Waals surface area contributed by atoms with Crippen molar-refractivity contribution in [2.45, 2.75) is 37.9 Å². The third-order valence-electron chi connectivity index (χ3n) is 5.57. The molecule has 0 aliphatic heterocycles. The van der Waals surface area contributed by atoms with Gasteiger partial charge in [-0.25, -0.2) is 0 Å². The summed E-state index contributed by atoms with van der Waals surface area (Å²) in [6.07, 6.45) is 1.87. The van der Waals surface area contributed by atoms with E-state index in [1.54, 1.807) is 18.3 Å². The second-order valence-corrected chi connectivity index (χ2v) is 8.46. The van der Waals surface area contributed by atoms with Crippen molar-refractivity contribution in [2.24, 2.45) is 5.73 Å². The number of aliphatic carboxylic acids is 1. The van der Waals surface area contributed by atoms with Crippen LogP contribution in [0.4, 0.5) is 0 Å². The van der Waals surface area contributed by atoms with Gasteiger partial charge < -0.3 is 36.9 Å². The molecule has 3 amide bonds. The van der Waals surface area contributed by atoms with E-state index in [-0.39, 0.29) is 18.6 Å². The summed E-state index contributed by atoms with van der Waals surface area (Å²) in [5.74, 6) is -3.06. The number of aromatic amines is 1. The summed E-state index contributed by atoms with van der Waals surface area (Å²) in [6.45, 7) is 0.863. The van der Waals surface area contributed by atoms with E-state index in [4.69, 9.17) is 10.8 Å². The van der Waals surface area contributed by atoms with E-state index in [1.807, 2.05) is 24.3 Å². The molecule has 190 valence electrons. The van der Waals surface area contributed by atoms with Gasteiger partial charge in [0.25, 0.3) is 0 Å². The summed E-state index contributed by atoms with van der Waals surface area (Å²) < 4.78 is 0. The van der Waals surface area contributed by atoms with Crippen LogP contribution in [0.25, 0.3) is 10.9 Å². The quantitative estimate of drug-likeness (QED) is 0.198. The maximum absolute atomic E-state index is 13.3.